The first-order valence-corrected chi connectivity index (χ1v) is 8.75. The van der Waals surface area contributed by atoms with E-state index in [0.29, 0.717) is 6.42 Å². The number of aromatic nitrogens is 1. The molecule has 2 unspecified atom stereocenters. The van der Waals surface area contributed by atoms with Crippen LogP contribution in [0.15, 0.2) is 24.3 Å². The Kier molecular flexibility index (Phi) is 4.74. The molecular weight excluding hydrogens is 296 g/mol. The summed E-state index contributed by atoms with van der Waals surface area (Å²) in [5.41, 5.74) is 1.03. The highest BCUT2D eigenvalue weighted by molar-refractivity contribution is 7.18. The van der Waals surface area contributed by atoms with Gasteiger partial charge in [-0.3, -0.25) is 4.79 Å². The van der Waals surface area contributed by atoms with E-state index in [0.717, 1.165) is 36.3 Å². The molecular formula is C17H22N2O2S. The Morgan fingerprint density at radius 3 is 3.00 bits per heavy atom. The zero-order valence-electron chi connectivity index (χ0n) is 13.1. The number of likely N-dealkylation sites (tertiary alicyclic amines) is 1. The lowest BCUT2D eigenvalue weighted by Gasteiger charge is -2.36. The maximum atomic E-state index is 12.7. The summed E-state index contributed by atoms with van der Waals surface area (Å²) in [5.74, 6) is 0.106. The van der Waals surface area contributed by atoms with Crippen LogP contribution in [0.2, 0.25) is 0 Å². The van der Waals surface area contributed by atoms with Crippen LogP contribution in [0, 0.1) is 0 Å². The van der Waals surface area contributed by atoms with E-state index in [1.807, 2.05) is 30.0 Å². The normalized spacial score (nSPS) is 20.3. The molecule has 0 bridgehead atoms. The number of carbonyl (C=O) groups is 1. The third-order valence-corrected chi connectivity index (χ3v) is 5.45. The van der Waals surface area contributed by atoms with Gasteiger partial charge in [-0.15, -0.1) is 11.3 Å². The zero-order chi connectivity index (χ0) is 15.5. The standard InChI is InChI=1S/C17H22N2O2S/c1-3-14(21-2)17(20)19-11-7-6-9-13(19)16-18-12-8-4-5-10-15(12)22-16/h4-5,8,10,13-14H,3,6-7,9,11H2,1-2H3. The molecule has 5 heteroatoms. The van der Waals surface area contributed by atoms with Crippen molar-refractivity contribution >= 4 is 27.5 Å². The number of hydrogen-bond donors (Lipinski definition) is 0. The molecule has 0 N–H and O–H groups in total. The van der Waals surface area contributed by atoms with Gasteiger partial charge in [-0.25, -0.2) is 4.98 Å². The van der Waals surface area contributed by atoms with Crippen LogP contribution < -0.4 is 0 Å². The summed E-state index contributed by atoms with van der Waals surface area (Å²) in [4.78, 5) is 19.5. The lowest BCUT2D eigenvalue weighted by Crippen LogP contribution is -2.44. The fourth-order valence-electron chi connectivity index (χ4n) is 3.11. The largest absolute Gasteiger partial charge is 0.372 e. The summed E-state index contributed by atoms with van der Waals surface area (Å²) < 4.78 is 6.54. The molecule has 0 saturated carbocycles. The zero-order valence-corrected chi connectivity index (χ0v) is 13.9. The molecule has 1 amide bonds. The smallest absolute Gasteiger partial charge is 0.252 e. The van der Waals surface area contributed by atoms with Crippen LogP contribution in [-0.4, -0.2) is 35.5 Å². The van der Waals surface area contributed by atoms with Crippen molar-refractivity contribution in [1.29, 1.82) is 0 Å². The molecule has 0 radical (unpaired) electrons. The summed E-state index contributed by atoms with van der Waals surface area (Å²) in [6, 6.07) is 8.27. The van der Waals surface area contributed by atoms with Crippen LogP contribution >= 0.6 is 11.3 Å². The van der Waals surface area contributed by atoms with Gasteiger partial charge in [0, 0.05) is 13.7 Å². The van der Waals surface area contributed by atoms with Crippen LogP contribution in [0.25, 0.3) is 10.2 Å². The van der Waals surface area contributed by atoms with E-state index in [1.54, 1.807) is 18.4 Å². The summed E-state index contributed by atoms with van der Waals surface area (Å²) >= 11 is 1.71. The van der Waals surface area contributed by atoms with Gasteiger partial charge in [0.1, 0.15) is 11.1 Å². The second kappa shape index (κ2) is 6.75. The van der Waals surface area contributed by atoms with Gasteiger partial charge in [0.15, 0.2) is 0 Å². The second-order valence-corrected chi connectivity index (χ2v) is 6.76. The molecule has 2 heterocycles. The highest BCUT2D eigenvalue weighted by Gasteiger charge is 2.33. The van der Waals surface area contributed by atoms with Gasteiger partial charge in [0.25, 0.3) is 5.91 Å². The number of ether oxygens (including phenoxy) is 1. The van der Waals surface area contributed by atoms with E-state index < -0.39 is 0 Å². The number of rotatable bonds is 4. The Hall–Kier alpha value is -1.46. The highest BCUT2D eigenvalue weighted by atomic mass is 32.1. The number of thiazole rings is 1. The monoisotopic (exact) mass is 318 g/mol. The Morgan fingerprint density at radius 2 is 2.27 bits per heavy atom. The van der Waals surface area contributed by atoms with Crippen LogP contribution in [0.3, 0.4) is 0 Å². The van der Waals surface area contributed by atoms with E-state index in [9.17, 15) is 4.79 Å². The van der Waals surface area contributed by atoms with Gasteiger partial charge in [-0.1, -0.05) is 19.1 Å². The maximum Gasteiger partial charge on any atom is 0.252 e. The molecule has 1 aromatic carbocycles. The van der Waals surface area contributed by atoms with Crippen LogP contribution in [0.4, 0.5) is 0 Å². The summed E-state index contributed by atoms with van der Waals surface area (Å²) in [7, 11) is 1.61. The lowest BCUT2D eigenvalue weighted by atomic mass is 10.0. The first-order valence-electron chi connectivity index (χ1n) is 7.93. The molecule has 118 valence electrons. The number of amides is 1. The van der Waals surface area contributed by atoms with Gasteiger partial charge in [0.05, 0.1) is 16.3 Å². The Morgan fingerprint density at radius 1 is 1.45 bits per heavy atom. The first-order chi connectivity index (χ1) is 10.7. The minimum absolute atomic E-state index is 0.0999. The summed E-state index contributed by atoms with van der Waals surface area (Å²) in [5, 5.41) is 1.06. The van der Waals surface area contributed by atoms with E-state index in [2.05, 4.69) is 6.07 Å². The maximum absolute atomic E-state index is 12.7. The molecule has 2 atom stereocenters. The van der Waals surface area contributed by atoms with Crippen molar-refractivity contribution in [1.82, 2.24) is 9.88 Å². The van der Waals surface area contributed by atoms with Gasteiger partial charge in [-0.05, 0) is 37.8 Å². The highest BCUT2D eigenvalue weighted by Crippen LogP contribution is 2.36. The Balaban J connectivity index is 1.90. The van der Waals surface area contributed by atoms with Gasteiger partial charge < -0.3 is 9.64 Å². The average molecular weight is 318 g/mol. The first kappa shape index (κ1) is 15.4. The molecule has 1 aliphatic heterocycles. The molecule has 22 heavy (non-hydrogen) atoms. The fraction of sp³-hybridized carbons (Fsp3) is 0.529. The molecule has 0 spiro atoms. The summed E-state index contributed by atoms with van der Waals surface area (Å²) in [6.07, 6.45) is 3.57. The van der Waals surface area contributed by atoms with Crippen molar-refractivity contribution in [2.45, 2.75) is 44.8 Å². The van der Waals surface area contributed by atoms with Crippen molar-refractivity contribution in [2.24, 2.45) is 0 Å². The predicted molar refractivity (Wildman–Crippen MR) is 89.0 cm³/mol. The number of nitrogens with zero attached hydrogens (tertiary/aromatic N) is 2. The number of fused-ring (bicyclic) bond motifs is 1. The molecule has 1 aliphatic rings. The SMILES string of the molecule is CCC(OC)C(=O)N1CCCCC1c1nc2ccccc2s1. The van der Waals surface area contributed by atoms with E-state index in [1.165, 1.54) is 4.70 Å². The second-order valence-electron chi connectivity index (χ2n) is 5.70. The van der Waals surface area contributed by atoms with Gasteiger partial charge in [-0.2, -0.15) is 0 Å². The van der Waals surface area contributed by atoms with Crippen molar-refractivity contribution < 1.29 is 9.53 Å². The van der Waals surface area contributed by atoms with Crippen molar-refractivity contribution in [3.05, 3.63) is 29.3 Å². The Bertz CT molecular complexity index is 618. The van der Waals surface area contributed by atoms with Crippen molar-refractivity contribution in [3.63, 3.8) is 0 Å². The van der Waals surface area contributed by atoms with Gasteiger partial charge in [0.2, 0.25) is 0 Å². The number of carbonyl (C=O) groups excluding carboxylic acids is 1. The molecule has 1 fully saturated rings. The molecule has 1 saturated heterocycles. The molecule has 4 nitrogen and oxygen atoms in total. The average Bonchev–Trinajstić information content (AvgIpc) is 2.99. The molecule has 0 aliphatic carbocycles. The van der Waals surface area contributed by atoms with E-state index >= 15 is 0 Å². The predicted octanol–water partition coefficient (Wildman–Crippen LogP) is 3.77. The topological polar surface area (TPSA) is 42.4 Å². The Labute approximate surface area is 135 Å². The number of hydrogen-bond acceptors (Lipinski definition) is 4. The van der Waals surface area contributed by atoms with Crippen molar-refractivity contribution in [2.75, 3.05) is 13.7 Å². The van der Waals surface area contributed by atoms with Crippen LogP contribution in [0.5, 0.6) is 0 Å². The van der Waals surface area contributed by atoms with Gasteiger partial charge >= 0.3 is 0 Å². The third kappa shape index (κ3) is 2.88. The van der Waals surface area contributed by atoms with Crippen molar-refractivity contribution in [3.8, 4) is 0 Å². The fourth-order valence-corrected chi connectivity index (χ4v) is 4.23. The van der Waals surface area contributed by atoms with E-state index in [4.69, 9.17) is 9.72 Å². The molecule has 3 rings (SSSR count). The quantitative estimate of drug-likeness (QED) is 0.861. The number of benzene rings is 1. The molecule has 1 aromatic heterocycles. The lowest BCUT2D eigenvalue weighted by molar-refractivity contribution is -0.146. The molecule has 2 aromatic rings. The number of methoxy groups -OCH3 is 1. The van der Waals surface area contributed by atoms with E-state index in [-0.39, 0.29) is 18.1 Å². The number of para-hydroxylation sites is 1. The number of piperidine rings is 1. The minimum atomic E-state index is -0.338. The third-order valence-electron chi connectivity index (χ3n) is 4.31. The van der Waals surface area contributed by atoms with Crippen LogP contribution in [-0.2, 0) is 9.53 Å². The summed E-state index contributed by atoms with van der Waals surface area (Å²) in [6.45, 7) is 2.79. The minimum Gasteiger partial charge on any atom is -0.372 e. The van der Waals surface area contributed by atoms with Crippen LogP contribution in [0.1, 0.15) is 43.7 Å².